The van der Waals surface area contributed by atoms with Gasteiger partial charge in [-0.1, -0.05) is 18.5 Å². The van der Waals surface area contributed by atoms with E-state index in [2.05, 4.69) is 24.0 Å². The van der Waals surface area contributed by atoms with E-state index in [1.807, 2.05) is 11.0 Å². The fraction of sp³-hybridized carbons (Fsp3) is 0.450. The number of pyridine rings is 1. The highest BCUT2D eigenvalue weighted by Gasteiger charge is 2.34. The second-order valence-corrected chi connectivity index (χ2v) is 7.24. The van der Waals surface area contributed by atoms with Crippen molar-refractivity contribution in [3.63, 3.8) is 0 Å². The lowest BCUT2D eigenvalue weighted by Crippen LogP contribution is -2.34. The van der Waals surface area contributed by atoms with E-state index in [9.17, 15) is 4.79 Å². The van der Waals surface area contributed by atoms with Crippen LogP contribution in [0.4, 0.5) is 0 Å². The summed E-state index contributed by atoms with van der Waals surface area (Å²) in [5.41, 5.74) is 8.12. The molecule has 0 aromatic carbocycles. The van der Waals surface area contributed by atoms with Crippen molar-refractivity contribution in [3.8, 4) is 11.5 Å². The van der Waals surface area contributed by atoms with E-state index >= 15 is 0 Å². The van der Waals surface area contributed by atoms with E-state index < -0.39 is 0 Å². The summed E-state index contributed by atoms with van der Waals surface area (Å²) in [7, 11) is 0. The second-order valence-electron chi connectivity index (χ2n) is 7.24. The highest BCUT2D eigenvalue weighted by molar-refractivity contribution is 6.07. The molecule has 0 bridgehead atoms. The van der Waals surface area contributed by atoms with Gasteiger partial charge in [0, 0.05) is 12.6 Å². The van der Waals surface area contributed by atoms with E-state index in [0.717, 1.165) is 25.0 Å². The van der Waals surface area contributed by atoms with Crippen LogP contribution in [0.5, 0.6) is 0 Å². The lowest BCUT2D eigenvalue weighted by atomic mass is 10.0. The average Bonchev–Trinajstić information content (AvgIpc) is 3.40. The Morgan fingerprint density at radius 2 is 2.30 bits per heavy atom. The van der Waals surface area contributed by atoms with Gasteiger partial charge < -0.3 is 19.6 Å². The highest BCUT2D eigenvalue weighted by atomic mass is 16.5. The summed E-state index contributed by atoms with van der Waals surface area (Å²) in [6.07, 6.45) is 4.15. The van der Waals surface area contributed by atoms with Crippen molar-refractivity contribution < 1.29 is 13.7 Å². The molecule has 3 aromatic heterocycles. The number of nitrogens with two attached hydrogens (primary N) is 1. The number of nitrogens with zero attached hydrogens (tertiary/aromatic N) is 3. The number of carbonyl (C=O) groups excluding carboxylic acids is 1. The van der Waals surface area contributed by atoms with Gasteiger partial charge in [-0.25, -0.2) is 4.98 Å². The predicted molar refractivity (Wildman–Crippen MR) is 101 cm³/mol. The smallest absolute Gasteiger partial charge is 0.259 e. The van der Waals surface area contributed by atoms with Crippen molar-refractivity contribution in [2.24, 2.45) is 11.7 Å². The van der Waals surface area contributed by atoms with Gasteiger partial charge in [0.2, 0.25) is 0 Å². The molecule has 27 heavy (non-hydrogen) atoms. The van der Waals surface area contributed by atoms with Crippen molar-refractivity contribution in [1.82, 2.24) is 15.0 Å². The van der Waals surface area contributed by atoms with Gasteiger partial charge in [0.1, 0.15) is 5.69 Å². The third-order valence-electron chi connectivity index (χ3n) is 5.26. The molecule has 1 aliphatic rings. The number of fused-ring (bicyclic) bond motifs is 1. The van der Waals surface area contributed by atoms with Gasteiger partial charge in [-0.2, -0.15) is 0 Å². The lowest BCUT2D eigenvalue weighted by molar-refractivity contribution is 0.0745. The van der Waals surface area contributed by atoms with Gasteiger partial charge in [0.15, 0.2) is 5.76 Å². The number of hydrogen-bond donors (Lipinski definition) is 1. The predicted octanol–water partition coefficient (Wildman–Crippen LogP) is 3.24. The number of carbonyl (C=O) groups is 1. The number of amides is 1. The fourth-order valence-electron chi connectivity index (χ4n) is 3.89. The van der Waals surface area contributed by atoms with Gasteiger partial charge in [-0.3, -0.25) is 4.79 Å². The zero-order valence-corrected chi connectivity index (χ0v) is 15.6. The number of hydrogen-bond acceptors (Lipinski definition) is 6. The van der Waals surface area contributed by atoms with Crippen LogP contribution in [0.15, 0.2) is 33.4 Å². The summed E-state index contributed by atoms with van der Waals surface area (Å²) in [6, 6.07) is 5.55. The van der Waals surface area contributed by atoms with Crippen LogP contribution in [-0.2, 0) is 6.42 Å². The van der Waals surface area contributed by atoms with Crippen LogP contribution >= 0.6 is 0 Å². The number of aryl methyl sites for hydroxylation is 1. The number of likely N-dealkylation sites (tertiary alicyclic amines) is 1. The van der Waals surface area contributed by atoms with Crippen LogP contribution in [0.1, 0.15) is 42.7 Å². The molecular formula is C20H24N4O3. The molecule has 0 saturated carbocycles. The molecule has 4 rings (SSSR count). The summed E-state index contributed by atoms with van der Waals surface area (Å²) in [6.45, 7) is 5.40. The Balaban J connectivity index is 1.83. The largest absolute Gasteiger partial charge is 0.463 e. The van der Waals surface area contributed by atoms with Crippen LogP contribution in [0.3, 0.4) is 0 Å². The molecule has 142 valence electrons. The molecule has 2 unspecified atom stereocenters. The minimum Gasteiger partial charge on any atom is -0.463 e. The monoisotopic (exact) mass is 368 g/mol. The van der Waals surface area contributed by atoms with Crippen molar-refractivity contribution in [2.45, 2.75) is 39.2 Å². The highest BCUT2D eigenvalue weighted by Crippen LogP contribution is 2.31. The average molecular weight is 368 g/mol. The number of rotatable bonds is 5. The maximum absolute atomic E-state index is 13.5. The Morgan fingerprint density at radius 1 is 1.44 bits per heavy atom. The van der Waals surface area contributed by atoms with Crippen molar-refractivity contribution in [1.29, 1.82) is 0 Å². The molecule has 1 fully saturated rings. The number of aromatic nitrogens is 2. The Kier molecular flexibility index (Phi) is 4.70. The maximum atomic E-state index is 13.5. The molecule has 2 atom stereocenters. The summed E-state index contributed by atoms with van der Waals surface area (Å²) in [5.74, 6) is 0.899. The Morgan fingerprint density at radius 3 is 2.96 bits per heavy atom. The molecular weight excluding hydrogens is 344 g/mol. The zero-order valence-electron chi connectivity index (χ0n) is 15.6. The third-order valence-corrected chi connectivity index (χ3v) is 5.26. The van der Waals surface area contributed by atoms with Gasteiger partial charge in [0.05, 0.1) is 22.9 Å². The summed E-state index contributed by atoms with van der Waals surface area (Å²) < 4.78 is 10.9. The molecule has 1 aliphatic heterocycles. The standard InChI is InChI=1S/C20H24N4O3/c1-3-5-15-18-14(20(25)24-11-13(10-21)8-12(24)2)9-16(17-6-4-7-26-17)22-19(18)27-23-15/h4,6-7,9,12-13H,3,5,8,10-11,21H2,1-2H3. The summed E-state index contributed by atoms with van der Waals surface area (Å²) >= 11 is 0. The number of furan rings is 1. The van der Waals surface area contributed by atoms with Gasteiger partial charge in [0.25, 0.3) is 11.6 Å². The fourth-order valence-corrected chi connectivity index (χ4v) is 3.89. The molecule has 0 aliphatic carbocycles. The van der Waals surface area contributed by atoms with Crippen molar-refractivity contribution >= 4 is 17.0 Å². The first-order valence-corrected chi connectivity index (χ1v) is 9.46. The third kappa shape index (κ3) is 3.12. The van der Waals surface area contributed by atoms with Crippen LogP contribution in [0.25, 0.3) is 22.6 Å². The first-order valence-electron chi connectivity index (χ1n) is 9.46. The quantitative estimate of drug-likeness (QED) is 0.742. The Hall–Kier alpha value is -2.67. The van der Waals surface area contributed by atoms with Crippen LogP contribution < -0.4 is 5.73 Å². The first-order chi connectivity index (χ1) is 13.1. The van der Waals surface area contributed by atoms with E-state index in [4.69, 9.17) is 14.7 Å². The van der Waals surface area contributed by atoms with Crippen molar-refractivity contribution in [3.05, 3.63) is 35.7 Å². The molecule has 1 saturated heterocycles. The van der Waals surface area contributed by atoms with Crippen LogP contribution in [-0.4, -0.2) is 40.1 Å². The minimum atomic E-state index is -0.0285. The molecule has 0 spiro atoms. The topological polar surface area (TPSA) is 98.4 Å². The van der Waals surface area contributed by atoms with Gasteiger partial charge in [-0.15, -0.1) is 0 Å². The van der Waals surface area contributed by atoms with Crippen LogP contribution in [0.2, 0.25) is 0 Å². The van der Waals surface area contributed by atoms with Gasteiger partial charge in [-0.05, 0) is 50.4 Å². The van der Waals surface area contributed by atoms with Crippen LogP contribution in [0, 0.1) is 5.92 Å². The molecule has 1 amide bonds. The van der Waals surface area contributed by atoms with E-state index in [0.29, 0.717) is 47.1 Å². The lowest BCUT2D eigenvalue weighted by Gasteiger charge is -2.22. The molecule has 7 heteroatoms. The summed E-state index contributed by atoms with van der Waals surface area (Å²) in [5, 5.41) is 4.88. The molecule has 4 heterocycles. The Labute approximate surface area is 157 Å². The minimum absolute atomic E-state index is 0.0285. The van der Waals surface area contributed by atoms with E-state index in [1.165, 1.54) is 0 Å². The second kappa shape index (κ2) is 7.15. The molecule has 0 radical (unpaired) electrons. The normalized spacial score (nSPS) is 19.9. The Bertz CT molecular complexity index is 948. The van der Waals surface area contributed by atoms with E-state index in [1.54, 1.807) is 18.4 Å². The maximum Gasteiger partial charge on any atom is 0.259 e. The van der Waals surface area contributed by atoms with E-state index in [-0.39, 0.29) is 11.9 Å². The van der Waals surface area contributed by atoms with Gasteiger partial charge >= 0.3 is 0 Å². The molecule has 7 nitrogen and oxygen atoms in total. The first kappa shape index (κ1) is 17.7. The molecule has 3 aromatic rings. The zero-order chi connectivity index (χ0) is 19.0. The summed E-state index contributed by atoms with van der Waals surface area (Å²) in [4.78, 5) is 19.9. The SMILES string of the molecule is CCCc1noc2nc(-c3ccco3)cc(C(=O)N3CC(CN)CC3C)c12. The van der Waals surface area contributed by atoms with Crippen molar-refractivity contribution in [2.75, 3.05) is 13.1 Å². The molecule has 2 N–H and O–H groups in total.